The third-order valence-electron chi connectivity index (χ3n) is 2.55. The summed E-state index contributed by atoms with van der Waals surface area (Å²) in [4.78, 5) is 25.9. The van der Waals surface area contributed by atoms with Crippen molar-refractivity contribution in [3.8, 4) is 0 Å². The van der Waals surface area contributed by atoms with Gasteiger partial charge in [-0.15, -0.1) is 0 Å². The van der Waals surface area contributed by atoms with E-state index in [9.17, 15) is 14.9 Å². The van der Waals surface area contributed by atoms with Crippen LogP contribution in [-0.4, -0.2) is 15.7 Å². The summed E-state index contributed by atoms with van der Waals surface area (Å²) < 4.78 is 0. The Bertz CT molecular complexity index is 461. The number of carbonyl (C=O) groups excluding carboxylic acids is 1. The molecule has 1 heterocycles. The highest BCUT2D eigenvalue weighted by Gasteiger charge is 2.22. The van der Waals surface area contributed by atoms with Crippen LogP contribution in [0.5, 0.6) is 0 Å². The summed E-state index contributed by atoms with van der Waals surface area (Å²) in [5.74, 6) is 0.0713. The molecule has 0 saturated carbocycles. The quantitative estimate of drug-likeness (QED) is 0.596. The maximum absolute atomic E-state index is 11.8. The van der Waals surface area contributed by atoms with Crippen LogP contribution in [0.3, 0.4) is 0 Å². The van der Waals surface area contributed by atoms with E-state index in [0.29, 0.717) is 11.3 Å². The molecule has 0 saturated heterocycles. The molecular formula is C12H16N2O3. The highest BCUT2D eigenvalue weighted by atomic mass is 16.6. The zero-order chi connectivity index (χ0) is 13.2. The standard InChI is InChI=1S/C12H16N2O3/c1-8-5-9(14(16)17)7-13-10(8)6-11(15)12(2,3)4/h5,7H,6H2,1-4H3. The van der Waals surface area contributed by atoms with Gasteiger partial charge in [-0.25, -0.2) is 0 Å². The minimum atomic E-state index is -0.491. The maximum Gasteiger partial charge on any atom is 0.287 e. The number of ketones is 1. The Hall–Kier alpha value is -1.78. The van der Waals surface area contributed by atoms with Crippen molar-refractivity contribution in [3.63, 3.8) is 0 Å². The second-order valence-corrected chi connectivity index (χ2v) is 5.06. The zero-order valence-electron chi connectivity index (χ0n) is 10.5. The van der Waals surface area contributed by atoms with Crippen LogP contribution in [0.4, 0.5) is 5.69 Å². The van der Waals surface area contributed by atoms with E-state index in [2.05, 4.69) is 4.98 Å². The van der Waals surface area contributed by atoms with Gasteiger partial charge in [0.2, 0.25) is 0 Å². The molecule has 0 bridgehead atoms. The average molecular weight is 236 g/mol. The fraction of sp³-hybridized carbons (Fsp3) is 0.500. The first kappa shape index (κ1) is 13.3. The van der Waals surface area contributed by atoms with Gasteiger partial charge >= 0.3 is 0 Å². The topological polar surface area (TPSA) is 73.1 Å². The lowest BCUT2D eigenvalue weighted by molar-refractivity contribution is -0.385. The number of hydrogen-bond donors (Lipinski definition) is 0. The van der Waals surface area contributed by atoms with Crippen LogP contribution in [0.25, 0.3) is 0 Å². The van der Waals surface area contributed by atoms with Gasteiger partial charge in [0.25, 0.3) is 5.69 Å². The largest absolute Gasteiger partial charge is 0.299 e. The smallest absolute Gasteiger partial charge is 0.287 e. The van der Waals surface area contributed by atoms with E-state index in [1.807, 2.05) is 20.8 Å². The molecule has 1 aromatic rings. The fourth-order valence-corrected chi connectivity index (χ4v) is 1.29. The van der Waals surface area contributed by atoms with Gasteiger partial charge in [0.05, 0.1) is 10.6 Å². The first-order valence-electron chi connectivity index (χ1n) is 5.35. The summed E-state index contributed by atoms with van der Waals surface area (Å²) in [7, 11) is 0. The van der Waals surface area contributed by atoms with Gasteiger partial charge in [0.1, 0.15) is 12.0 Å². The van der Waals surface area contributed by atoms with Crippen molar-refractivity contribution in [2.45, 2.75) is 34.1 Å². The highest BCUT2D eigenvalue weighted by Crippen LogP contribution is 2.20. The number of carbonyl (C=O) groups is 1. The van der Waals surface area contributed by atoms with Crippen LogP contribution in [0.15, 0.2) is 12.3 Å². The van der Waals surface area contributed by atoms with Crippen LogP contribution in [0, 0.1) is 22.5 Å². The van der Waals surface area contributed by atoms with Gasteiger partial charge in [0.15, 0.2) is 0 Å². The molecule has 0 amide bonds. The van der Waals surface area contributed by atoms with E-state index >= 15 is 0 Å². The summed E-state index contributed by atoms with van der Waals surface area (Å²) in [6, 6.07) is 1.44. The molecule has 0 radical (unpaired) electrons. The molecule has 1 rings (SSSR count). The highest BCUT2D eigenvalue weighted by molar-refractivity contribution is 5.85. The van der Waals surface area contributed by atoms with E-state index in [1.54, 1.807) is 6.92 Å². The van der Waals surface area contributed by atoms with Gasteiger partial charge in [0, 0.05) is 17.9 Å². The van der Waals surface area contributed by atoms with Crippen molar-refractivity contribution in [1.29, 1.82) is 0 Å². The lowest BCUT2D eigenvalue weighted by Crippen LogP contribution is -2.23. The molecule has 0 aliphatic heterocycles. The number of nitrogens with zero attached hydrogens (tertiary/aromatic N) is 2. The van der Waals surface area contributed by atoms with Crippen molar-refractivity contribution in [2.24, 2.45) is 5.41 Å². The van der Waals surface area contributed by atoms with Crippen LogP contribution < -0.4 is 0 Å². The van der Waals surface area contributed by atoms with Crippen molar-refractivity contribution in [1.82, 2.24) is 4.98 Å². The molecule has 0 atom stereocenters. The molecule has 0 aliphatic rings. The van der Waals surface area contributed by atoms with Crippen LogP contribution >= 0.6 is 0 Å². The van der Waals surface area contributed by atoms with Gasteiger partial charge in [-0.1, -0.05) is 20.8 Å². The predicted molar refractivity (Wildman–Crippen MR) is 63.8 cm³/mol. The molecule has 0 fully saturated rings. The number of Topliss-reactive ketones (excluding diaryl/α,β-unsaturated/α-hetero) is 1. The predicted octanol–water partition coefficient (Wildman–Crippen LogP) is 2.46. The van der Waals surface area contributed by atoms with Crippen LogP contribution in [0.1, 0.15) is 32.0 Å². The average Bonchev–Trinajstić information content (AvgIpc) is 2.19. The summed E-state index contributed by atoms with van der Waals surface area (Å²) >= 11 is 0. The second kappa shape index (κ2) is 4.61. The molecule has 5 nitrogen and oxygen atoms in total. The first-order chi connectivity index (χ1) is 7.71. The lowest BCUT2D eigenvalue weighted by atomic mass is 9.87. The Morgan fingerprint density at radius 3 is 2.47 bits per heavy atom. The van der Waals surface area contributed by atoms with E-state index in [1.165, 1.54) is 12.3 Å². The minimum absolute atomic E-state index is 0.0468. The van der Waals surface area contributed by atoms with Crippen molar-refractivity contribution >= 4 is 11.5 Å². The van der Waals surface area contributed by atoms with E-state index in [-0.39, 0.29) is 17.9 Å². The monoisotopic (exact) mass is 236 g/mol. The molecular weight excluding hydrogens is 220 g/mol. The van der Waals surface area contributed by atoms with Gasteiger partial charge in [-0.05, 0) is 12.5 Å². The summed E-state index contributed by atoms with van der Waals surface area (Å²) in [6.07, 6.45) is 1.41. The Morgan fingerprint density at radius 1 is 1.47 bits per heavy atom. The zero-order valence-corrected chi connectivity index (χ0v) is 10.5. The van der Waals surface area contributed by atoms with Gasteiger partial charge in [-0.2, -0.15) is 0 Å². The molecule has 0 unspecified atom stereocenters. The summed E-state index contributed by atoms with van der Waals surface area (Å²) in [5.41, 5.74) is 0.817. The molecule has 0 spiro atoms. The molecule has 0 N–H and O–H groups in total. The minimum Gasteiger partial charge on any atom is -0.299 e. The van der Waals surface area contributed by atoms with Crippen LogP contribution in [-0.2, 0) is 11.2 Å². The number of hydrogen-bond acceptors (Lipinski definition) is 4. The lowest BCUT2D eigenvalue weighted by Gasteiger charge is -2.16. The van der Waals surface area contributed by atoms with Gasteiger partial charge in [-0.3, -0.25) is 19.9 Å². The molecule has 1 aromatic heterocycles. The molecule has 92 valence electrons. The van der Waals surface area contributed by atoms with E-state index < -0.39 is 10.3 Å². The second-order valence-electron chi connectivity index (χ2n) is 5.06. The first-order valence-corrected chi connectivity index (χ1v) is 5.35. The Labute approximate surface area is 100 Å². The van der Waals surface area contributed by atoms with Crippen molar-refractivity contribution in [3.05, 3.63) is 33.6 Å². The summed E-state index contributed by atoms with van der Waals surface area (Å²) in [5, 5.41) is 10.5. The maximum atomic E-state index is 11.8. The van der Waals surface area contributed by atoms with E-state index in [4.69, 9.17) is 0 Å². The molecule has 0 aliphatic carbocycles. The Balaban J connectivity index is 2.95. The van der Waals surface area contributed by atoms with Gasteiger partial charge < -0.3 is 0 Å². The number of aromatic nitrogens is 1. The number of aryl methyl sites for hydroxylation is 1. The number of pyridine rings is 1. The Kier molecular flexibility index (Phi) is 3.60. The Morgan fingerprint density at radius 2 is 2.06 bits per heavy atom. The summed E-state index contributed by atoms with van der Waals surface area (Å²) in [6.45, 7) is 7.26. The fourth-order valence-electron chi connectivity index (χ4n) is 1.29. The number of rotatable bonds is 3. The number of nitro groups is 1. The normalized spacial score (nSPS) is 11.3. The van der Waals surface area contributed by atoms with Crippen molar-refractivity contribution < 1.29 is 9.72 Å². The molecule has 5 heteroatoms. The molecule has 0 aromatic carbocycles. The van der Waals surface area contributed by atoms with Crippen LogP contribution in [0.2, 0.25) is 0 Å². The van der Waals surface area contributed by atoms with E-state index in [0.717, 1.165) is 0 Å². The molecule has 17 heavy (non-hydrogen) atoms. The van der Waals surface area contributed by atoms with Crippen molar-refractivity contribution in [2.75, 3.05) is 0 Å². The third-order valence-corrected chi connectivity index (χ3v) is 2.55. The third kappa shape index (κ3) is 3.34. The SMILES string of the molecule is Cc1cc([N+](=O)[O-])cnc1CC(=O)C(C)(C)C.